The maximum absolute atomic E-state index is 6.31. The van der Waals surface area contributed by atoms with Crippen molar-refractivity contribution in [1.82, 2.24) is 4.90 Å². The first-order valence-electron chi connectivity index (χ1n) is 7.11. The van der Waals surface area contributed by atoms with Crippen LogP contribution in [0.1, 0.15) is 32.4 Å². The van der Waals surface area contributed by atoms with Gasteiger partial charge in [-0.3, -0.25) is 0 Å². The van der Waals surface area contributed by atoms with Gasteiger partial charge in [0.1, 0.15) is 0 Å². The molecule has 1 aromatic carbocycles. The van der Waals surface area contributed by atoms with Crippen LogP contribution in [0.3, 0.4) is 0 Å². The van der Waals surface area contributed by atoms with Crippen molar-refractivity contribution in [2.75, 3.05) is 26.7 Å². The lowest BCUT2D eigenvalue weighted by Crippen LogP contribution is -2.33. The Morgan fingerprint density at radius 1 is 1.16 bits per heavy atom. The quantitative estimate of drug-likeness (QED) is 0.784. The lowest BCUT2D eigenvalue weighted by Gasteiger charge is -2.26. The highest BCUT2D eigenvalue weighted by atomic mass is 16.5. The second-order valence-corrected chi connectivity index (χ2v) is 5.60. The molecule has 0 aliphatic rings. The molecule has 0 aliphatic heterocycles. The van der Waals surface area contributed by atoms with E-state index >= 15 is 0 Å². The third kappa shape index (κ3) is 6.19. The van der Waals surface area contributed by atoms with Gasteiger partial charge in [-0.25, -0.2) is 0 Å². The normalized spacial score (nSPS) is 14.9. The fourth-order valence-corrected chi connectivity index (χ4v) is 2.14. The summed E-state index contributed by atoms with van der Waals surface area (Å²) in [5.41, 5.74) is 7.52. The van der Waals surface area contributed by atoms with Gasteiger partial charge in [0.15, 0.2) is 0 Å². The Bertz CT molecular complexity index is 340. The zero-order valence-electron chi connectivity index (χ0n) is 12.7. The molecule has 0 saturated carbocycles. The van der Waals surface area contributed by atoms with Crippen LogP contribution in [0.25, 0.3) is 0 Å². The lowest BCUT2D eigenvalue weighted by atomic mass is 9.95. The van der Waals surface area contributed by atoms with Crippen molar-refractivity contribution in [3.63, 3.8) is 0 Å². The first kappa shape index (κ1) is 16.2. The highest BCUT2D eigenvalue weighted by Crippen LogP contribution is 2.19. The molecule has 19 heavy (non-hydrogen) atoms. The van der Waals surface area contributed by atoms with Crippen LogP contribution in [-0.4, -0.2) is 37.7 Å². The molecule has 0 aliphatic carbocycles. The first-order valence-corrected chi connectivity index (χ1v) is 7.11. The van der Waals surface area contributed by atoms with Crippen molar-refractivity contribution >= 4 is 0 Å². The topological polar surface area (TPSA) is 38.5 Å². The van der Waals surface area contributed by atoms with Crippen LogP contribution in [0.5, 0.6) is 0 Å². The molecule has 0 saturated heterocycles. The van der Waals surface area contributed by atoms with E-state index in [1.165, 1.54) is 5.56 Å². The number of nitrogens with zero attached hydrogens (tertiary/aromatic N) is 1. The molecule has 2 N–H and O–H groups in total. The maximum atomic E-state index is 6.31. The SMILES string of the molecule is CC(C)OCCN(C)CC(C)C(N)c1ccccc1. The van der Waals surface area contributed by atoms with E-state index in [1.807, 2.05) is 18.2 Å². The van der Waals surface area contributed by atoms with Gasteiger partial charge in [-0.15, -0.1) is 0 Å². The Morgan fingerprint density at radius 3 is 2.37 bits per heavy atom. The Morgan fingerprint density at radius 2 is 1.79 bits per heavy atom. The summed E-state index contributed by atoms with van der Waals surface area (Å²) in [5, 5.41) is 0. The largest absolute Gasteiger partial charge is 0.377 e. The van der Waals surface area contributed by atoms with Crippen LogP contribution < -0.4 is 5.73 Å². The Hall–Kier alpha value is -0.900. The molecule has 1 rings (SSSR count). The van der Waals surface area contributed by atoms with Crippen LogP contribution in [0.15, 0.2) is 30.3 Å². The van der Waals surface area contributed by atoms with E-state index in [9.17, 15) is 0 Å². The molecule has 0 bridgehead atoms. The molecule has 3 heteroatoms. The zero-order chi connectivity index (χ0) is 14.3. The molecule has 0 spiro atoms. The molecule has 0 radical (unpaired) electrons. The third-order valence-electron chi connectivity index (χ3n) is 3.32. The van der Waals surface area contributed by atoms with Gasteiger partial charge in [0.05, 0.1) is 12.7 Å². The summed E-state index contributed by atoms with van der Waals surface area (Å²) >= 11 is 0. The Balaban J connectivity index is 2.35. The molecule has 0 amide bonds. The number of nitrogens with two attached hydrogens (primary N) is 1. The van der Waals surface area contributed by atoms with E-state index in [-0.39, 0.29) is 6.04 Å². The number of ether oxygens (including phenoxy) is 1. The number of benzene rings is 1. The average molecular weight is 264 g/mol. The molecule has 2 unspecified atom stereocenters. The van der Waals surface area contributed by atoms with Gasteiger partial charge in [0.25, 0.3) is 0 Å². The van der Waals surface area contributed by atoms with Gasteiger partial charge in [0.2, 0.25) is 0 Å². The highest BCUT2D eigenvalue weighted by Gasteiger charge is 2.16. The van der Waals surface area contributed by atoms with E-state index in [0.717, 1.165) is 19.7 Å². The monoisotopic (exact) mass is 264 g/mol. The molecule has 1 aromatic rings. The van der Waals surface area contributed by atoms with Gasteiger partial charge < -0.3 is 15.4 Å². The molecule has 108 valence electrons. The molecule has 2 atom stereocenters. The van der Waals surface area contributed by atoms with Crippen LogP contribution in [0.4, 0.5) is 0 Å². The van der Waals surface area contributed by atoms with Crippen molar-refractivity contribution in [3.05, 3.63) is 35.9 Å². The Labute approximate surface area is 117 Å². The minimum Gasteiger partial charge on any atom is -0.377 e. The van der Waals surface area contributed by atoms with Crippen molar-refractivity contribution in [3.8, 4) is 0 Å². The summed E-state index contributed by atoms with van der Waals surface area (Å²) in [4.78, 5) is 2.29. The van der Waals surface area contributed by atoms with Gasteiger partial charge in [-0.2, -0.15) is 0 Å². The summed E-state index contributed by atoms with van der Waals surface area (Å²) in [6.07, 6.45) is 0.303. The molecule has 0 aromatic heterocycles. The van der Waals surface area contributed by atoms with E-state index in [0.29, 0.717) is 12.0 Å². The summed E-state index contributed by atoms with van der Waals surface area (Å²) in [5.74, 6) is 0.423. The van der Waals surface area contributed by atoms with E-state index in [2.05, 4.69) is 44.9 Å². The predicted molar refractivity (Wildman–Crippen MR) is 81.1 cm³/mol. The summed E-state index contributed by atoms with van der Waals surface area (Å²) in [6.45, 7) is 9.04. The fourth-order valence-electron chi connectivity index (χ4n) is 2.14. The van der Waals surface area contributed by atoms with Crippen LogP contribution in [0, 0.1) is 5.92 Å². The molecular weight excluding hydrogens is 236 g/mol. The summed E-state index contributed by atoms with van der Waals surface area (Å²) < 4.78 is 5.57. The zero-order valence-corrected chi connectivity index (χ0v) is 12.7. The maximum Gasteiger partial charge on any atom is 0.0596 e. The average Bonchev–Trinajstić information content (AvgIpc) is 2.38. The standard InChI is InChI=1S/C16H28N2O/c1-13(2)19-11-10-18(4)12-14(3)16(17)15-8-6-5-7-9-15/h5-9,13-14,16H,10-12,17H2,1-4H3. The van der Waals surface area contributed by atoms with Crippen LogP contribution in [-0.2, 0) is 4.74 Å². The van der Waals surface area contributed by atoms with Gasteiger partial charge in [0, 0.05) is 19.1 Å². The van der Waals surface area contributed by atoms with Crippen molar-refractivity contribution in [2.45, 2.75) is 32.9 Å². The van der Waals surface area contributed by atoms with Crippen molar-refractivity contribution < 1.29 is 4.74 Å². The van der Waals surface area contributed by atoms with Crippen molar-refractivity contribution in [1.29, 1.82) is 0 Å². The Kier molecular flexibility index (Phi) is 7.06. The van der Waals surface area contributed by atoms with Crippen LogP contribution in [0.2, 0.25) is 0 Å². The lowest BCUT2D eigenvalue weighted by molar-refractivity contribution is 0.0609. The van der Waals surface area contributed by atoms with Gasteiger partial charge >= 0.3 is 0 Å². The number of hydrogen-bond donors (Lipinski definition) is 1. The third-order valence-corrected chi connectivity index (χ3v) is 3.32. The minimum absolute atomic E-state index is 0.0923. The molecular formula is C16H28N2O. The van der Waals surface area contributed by atoms with E-state index in [1.54, 1.807) is 0 Å². The smallest absolute Gasteiger partial charge is 0.0596 e. The van der Waals surface area contributed by atoms with Gasteiger partial charge in [-0.05, 0) is 32.4 Å². The molecule has 0 fully saturated rings. The van der Waals surface area contributed by atoms with E-state index < -0.39 is 0 Å². The minimum atomic E-state index is 0.0923. The van der Waals surface area contributed by atoms with Gasteiger partial charge in [-0.1, -0.05) is 37.3 Å². The highest BCUT2D eigenvalue weighted by molar-refractivity contribution is 5.19. The number of hydrogen-bond acceptors (Lipinski definition) is 3. The first-order chi connectivity index (χ1) is 9.00. The number of likely N-dealkylation sites (N-methyl/N-ethyl adjacent to an activating group) is 1. The fraction of sp³-hybridized carbons (Fsp3) is 0.625. The van der Waals surface area contributed by atoms with Crippen LogP contribution >= 0.6 is 0 Å². The summed E-state index contributed by atoms with van der Waals surface area (Å²) in [6, 6.07) is 10.4. The van der Waals surface area contributed by atoms with E-state index in [4.69, 9.17) is 10.5 Å². The second kappa shape index (κ2) is 8.31. The molecule has 3 nitrogen and oxygen atoms in total. The second-order valence-electron chi connectivity index (χ2n) is 5.60. The molecule has 0 heterocycles. The van der Waals surface area contributed by atoms with Crippen molar-refractivity contribution in [2.24, 2.45) is 11.7 Å². The predicted octanol–water partition coefficient (Wildman–Crippen LogP) is 2.68. The number of rotatable bonds is 8. The summed E-state index contributed by atoms with van der Waals surface area (Å²) in [7, 11) is 2.12.